The Morgan fingerprint density at radius 2 is 1.95 bits per heavy atom. The summed E-state index contributed by atoms with van der Waals surface area (Å²) in [6.07, 6.45) is 5.27. The van der Waals surface area contributed by atoms with Crippen molar-refractivity contribution in [2.24, 2.45) is 0 Å². The Morgan fingerprint density at radius 3 is 2.73 bits per heavy atom. The molecule has 0 radical (unpaired) electrons. The maximum Gasteiger partial charge on any atom is 0.321 e. The number of urea groups is 1. The molecule has 1 atom stereocenters. The van der Waals surface area contributed by atoms with Gasteiger partial charge in [0.15, 0.2) is 0 Å². The van der Waals surface area contributed by atoms with E-state index in [9.17, 15) is 9.59 Å². The van der Waals surface area contributed by atoms with E-state index in [1.54, 1.807) is 0 Å². The first-order chi connectivity index (χ1) is 10.6. The summed E-state index contributed by atoms with van der Waals surface area (Å²) < 4.78 is 0. The predicted molar refractivity (Wildman–Crippen MR) is 85.9 cm³/mol. The highest BCUT2D eigenvalue weighted by molar-refractivity contribution is 5.96. The number of carbonyl (C=O) groups is 2. The minimum absolute atomic E-state index is 0.219. The zero-order valence-electron chi connectivity index (χ0n) is 13.0. The average molecular weight is 301 g/mol. The number of fused-ring (bicyclic) bond motifs is 1. The number of hydrogen-bond acceptors (Lipinski definition) is 3. The average Bonchev–Trinajstić information content (AvgIpc) is 3.08. The Bertz CT molecular complexity index is 567. The molecule has 1 fully saturated rings. The number of rotatable bonds is 3. The van der Waals surface area contributed by atoms with E-state index in [2.05, 4.69) is 28.5 Å². The monoisotopic (exact) mass is 301 g/mol. The topological polar surface area (TPSA) is 61.4 Å². The van der Waals surface area contributed by atoms with E-state index >= 15 is 0 Å². The quantitative estimate of drug-likeness (QED) is 0.900. The van der Waals surface area contributed by atoms with Gasteiger partial charge in [-0.15, -0.1) is 0 Å². The van der Waals surface area contributed by atoms with E-state index in [0.717, 1.165) is 37.8 Å². The van der Waals surface area contributed by atoms with E-state index in [4.69, 9.17) is 0 Å². The van der Waals surface area contributed by atoms with Gasteiger partial charge in [-0.1, -0.05) is 31.0 Å². The molecule has 0 unspecified atom stereocenters. The Morgan fingerprint density at radius 1 is 1.23 bits per heavy atom. The molecular formula is C17H23N3O2. The fraction of sp³-hybridized carbons (Fsp3) is 0.529. The van der Waals surface area contributed by atoms with Crippen molar-refractivity contribution in [1.29, 1.82) is 0 Å². The standard InChI is InChI=1S/C17H23N3O2/c1-12-10-13-6-2-5-9-15(13)20(12)11-16(21)19-17(22)18-14-7-3-4-8-14/h2,5-6,9,12,14H,3-4,7-8,10-11H2,1H3,(H2,18,19,21,22)/t12-/m1/s1. The van der Waals surface area contributed by atoms with Crippen LogP contribution in [0.4, 0.5) is 10.5 Å². The summed E-state index contributed by atoms with van der Waals surface area (Å²) in [6, 6.07) is 8.26. The Balaban J connectivity index is 1.54. The van der Waals surface area contributed by atoms with Crippen LogP contribution in [0, 0.1) is 0 Å². The fourth-order valence-corrected chi connectivity index (χ4v) is 3.48. The minimum atomic E-state index is -0.364. The molecule has 1 heterocycles. The van der Waals surface area contributed by atoms with Crippen LogP contribution in [-0.4, -0.2) is 30.6 Å². The molecule has 5 nitrogen and oxygen atoms in total. The lowest BCUT2D eigenvalue weighted by molar-refractivity contribution is -0.118. The van der Waals surface area contributed by atoms with Crippen LogP contribution in [-0.2, 0) is 11.2 Å². The molecule has 2 N–H and O–H groups in total. The van der Waals surface area contributed by atoms with Crippen molar-refractivity contribution in [3.8, 4) is 0 Å². The molecule has 22 heavy (non-hydrogen) atoms. The molecule has 5 heteroatoms. The van der Waals surface area contributed by atoms with Crippen LogP contribution in [0.2, 0.25) is 0 Å². The third kappa shape index (κ3) is 3.24. The van der Waals surface area contributed by atoms with Crippen molar-refractivity contribution in [3.05, 3.63) is 29.8 Å². The van der Waals surface area contributed by atoms with Gasteiger partial charge in [0, 0.05) is 17.8 Å². The van der Waals surface area contributed by atoms with Gasteiger partial charge in [0.25, 0.3) is 0 Å². The molecular weight excluding hydrogens is 278 g/mol. The molecule has 1 aliphatic carbocycles. The molecule has 1 aliphatic heterocycles. The van der Waals surface area contributed by atoms with E-state index in [0.29, 0.717) is 0 Å². The second-order valence-corrected chi connectivity index (χ2v) is 6.31. The normalized spacial score (nSPS) is 20.8. The first kappa shape index (κ1) is 14.9. The van der Waals surface area contributed by atoms with Crippen molar-refractivity contribution < 1.29 is 9.59 Å². The third-order valence-electron chi connectivity index (χ3n) is 4.61. The number of hydrogen-bond donors (Lipinski definition) is 2. The van der Waals surface area contributed by atoms with Crippen molar-refractivity contribution in [2.75, 3.05) is 11.4 Å². The van der Waals surface area contributed by atoms with Crippen LogP contribution < -0.4 is 15.5 Å². The van der Waals surface area contributed by atoms with Gasteiger partial charge in [-0.05, 0) is 37.8 Å². The van der Waals surface area contributed by atoms with Crippen molar-refractivity contribution in [1.82, 2.24) is 10.6 Å². The molecule has 0 aromatic heterocycles. The van der Waals surface area contributed by atoms with Gasteiger partial charge in [-0.3, -0.25) is 10.1 Å². The summed E-state index contributed by atoms with van der Waals surface area (Å²) in [6.45, 7) is 2.32. The number of carbonyl (C=O) groups excluding carboxylic acids is 2. The Kier molecular flexibility index (Phi) is 4.32. The molecule has 0 bridgehead atoms. The number of amides is 3. The van der Waals surface area contributed by atoms with Crippen LogP contribution >= 0.6 is 0 Å². The highest BCUT2D eigenvalue weighted by Gasteiger charge is 2.27. The van der Waals surface area contributed by atoms with Gasteiger partial charge < -0.3 is 10.2 Å². The summed E-state index contributed by atoms with van der Waals surface area (Å²) in [4.78, 5) is 26.0. The van der Waals surface area contributed by atoms with Crippen LogP contribution in [0.15, 0.2) is 24.3 Å². The number of benzene rings is 1. The minimum Gasteiger partial charge on any atom is -0.359 e. The number of nitrogens with zero attached hydrogens (tertiary/aromatic N) is 1. The summed E-state index contributed by atoms with van der Waals surface area (Å²) in [5.41, 5.74) is 2.36. The molecule has 1 saturated carbocycles. The zero-order chi connectivity index (χ0) is 15.5. The number of para-hydroxylation sites is 1. The molecule has 0 spiro atoms. The van der Waals surface area contributed by atoms with Crippen molar-refractivity contribution >= 4 is 17.6 Å². The highest BCUT2D eigenvalue weighted by atomic mass is 16.2. The summed E-state index contributed by atoms with van der Waals surface area (Å²) >= 11 is 0. The first-order valence-electron chi connectivity index (χ1n) is 8.08. The molecule has 2 aliphatic rings. The van der Waals surface area contributed by atoms with Crippen molar-refractivity contribution in [3.63, 3.8) is 0 Å². The van der Waals surface area contributed by atoms with Crippen LogP contribution in [0.1, 0.15) is 38.2 Å². The third-order valence-corrected chi connectivity index (χ3v) is 4.61. The molecule has 0 saturated heterocycles. The lowest BCUT2D eigenvalue weighted by atomic mass is 10.1. The summed E-state index contributed by atoms with van der Waals surface area (Å²) in [5.74, 6) is -0.251. The predicted octanol–water partition coefficient (Wildman–Crippen LogP) is 2.21. The van der Waals surface area contributed by atoms with E-state index in [1.165, 1.54) is 5.56 Å². The highest BCUT2D eigenvalue weighted by Crippen LogP contribution is 2.31. The van der Waals surface area contributed by atoms with Gasteiger partial charge in [0.05, 0.1) is 6.54 Å². The van der Waals surface area contributed by atoms with Crippen LogP contribution in [0.25, 0.3) is 0 Å². The van der Waals surface area contributed by atoms with Crippen LogP contribution in [0.5, 0.6) is 0 Å². The smallest absolute Gasteiger partial charge is 0.321 e. The molecule has 3 rings (SSSR count). The first-order valence-corrected chi connectivity index (χ1v) is 8.08. The second-order valence-electron chi connectivity index (χ2n) is 6.31. The number of imide groups is 1. The maximum absolute atomic E-state index is 12.1. The zero-order valence-corrected chi connectivity index (χ0v) is 13.0. The van der Waals surface area contributed by atoms with Gasteiger partial charge in [-0.2, -0.15) is 0 Å². The van der Waals surface area contributed by atoms with Gasteiger partial charge in [0.2, 0.25) is 5.91 Å². The SMILES string of the molecule is C[C@@H]1Cc2ccccc2N1CC(=O)NC(=O)NC1CCCC1. The van der Waals surface area contributed by atoms with Gasteiger partial charge in [0.1, 0.15) is 0 Å². The Hall–Kier alpha value is -2.04. The van der Waals surface area contributed by atoms with Crippen molar-refractivity contribution in [2.45, 2.75) is 51.1 Å². The summed E-state index contributed by atoms with van der Waals surface area (Å²) in [7, 11) is 0. The van der Waals surface area contributed by atoms with E-state index < -0.39 is 0 Å². The summed E-state index contributed by atoms with van der Waals surface area (Å²) in [5, 5.41) is 5.33. The molecule has 3 amide bonds. The second kappa shape index (κ2) is 6.38. The van der Waals surface area contributed by atoms with E-state index in [-0.39, 0.29) is 30.6 Å². The molecule has 118 valence electrons. The van der Waals surface area contributed by atoms with Gasteiger partial charge in [-0.25, -0.2) is 4.79 Å². The van der Waals surface area contributed by atoms with E-state index in [1.807, 2.05) is 18.2 Å². The largest absolute Gasteiger partial charge is 0.359 e. The number of anilines is 1. The Labute approximate surface area is 131 Å². The molecule has 1 aromatic carbocycles. The molecule has 1 aromatic rings. The van der Waals surface area contributed by atoms with Gasteiger partial charge >= 0.3 is 6.03 Å². The lowest BCUT2D eigenvalue weighted by Gasteiger charge is -2.24. The maximum atomic E-state index is 12.1. The fourth-order valence-electron chi connectivity index (χ4n) is 3.48. The lowest BCUT2D eigenvalue weighted by Crippen LogP contribution is -2.47. The number of nitrogens with one attached hydrogen (secondary N) is 2. The van der Waals surface area contributed by atoms with Crippen LogP contribution in [0.3, 0.4) is 0 Å².